The van der Waals surface area contributed by atoms with E-state index in [-0.39, 0.29) is 0 Å². The van der Waals surface area contributed by atoms with Gasteiger partial charge in [0.1, 0.15) is 0 Å². The zero-order chi connectivity index (χ0) is 15.1. The van der Waals surface area contributed by atoms with E-state index in [0.717, 1.165) is 23.4 Å². The number of benzene rings is 1. The number of fused-ring (bicyclic) bond motifs is 1. The minimum atomic E-state index is -0.461. The second-order valence-electron chi connectivity index (χ2n) is 5.33. The largest absolute Gasteiger partial charge is 0.299 e. The van der Waals surface area contributed by atoms with E-state index < -0.39 is 11.7 Å². The number of ketones is 1. The smallest absolute Gasteiger partial charge is 0.299 e. The average molecular weight is 283 g/mol. The molecule has 0 bridgehead atoms. The molecule has 0 saturated heterocycles. The molecule has 1 aliphatic heterocycles. The minimum Gasteiger partial charge on any atom is -0.299 e. The zero-order valence-corrected chi connectivity index (χ0v) is 12.4. The fraction of sp³-hybridized carbons (Fsp3) is 0.312. The van der Waals surface area contributed by atoms with Crippen LogP contribution in [0.3, 0.4) is 0 Å². The summed E-state index contributed by atoms with van der Waals surface area (Å²) < 4.78 is 1.74. The summed E-state index contributed by atoms with van der Waals surface area (Å²) >= 11 is 0. The van der Waals surface area contributed by atoms with Crippen LogP contribution in [0.1, 0.15) is 34.2 Å². The van der Waals surface area contributed by atoms with Crippen molar-refractivity contribution in [2.75, 3.05) is 4.90 Å². The van der Waals surface area contributed by atoms with E-state index in [0.29, 0.717) is 17.8 Å². The lowest BCUT2D eigenvalue weighted by Crippen LogP contribution is -2.30. The number of carbonyl (C=O) groups excluding carboxylic acids is 2. The monoisotopic (exact) mass is 283 g/mol. The third-order valence-corrected chi connectivity index (χ3v) is 3.86. The van der Waals surface area contributed by atoms with Gasteiger partial charge in [-0.05, 0) is 37.1 Å². The van der Waals surface area contributed by atoms with Crippen LogP contribution < -0.4 is 4.90 Å². The molecule has 0 saturated carbocycles. The Hall–Kier alpha value is -2.43. The summed E-state index contributed by atoms with van der Waals surface area (Å²) in [6.45, 7) is 4.29. The van der Waals surface area contributed by atoms with Gasteiger partial charge in [0.15, 0.2) is 0 Å². The number of aromatic nitrogens is 2. The highest BCUT2D eigenvalue weighted by Gasteiger charge is 2.36. The van der Waals surface area contributed by atoms with Crippen LogP contribution in [-0.4, -0.2) is 21.5 Å². The Morgan fingerprint density at radius 1 is 1.19 bits per heavy atom. The molecule has 5 nitrogen and oxygen atoms in total. The van der Waals surface area contributed by atoms with Crippen LogP contribution in [0, 0.1) is 6.92 Å². The topological polar surface area (TPSA) is 55.2 Å². The third kappa shape index (κ3) is 2.14. The number of carbonyl (C=O) groups is 2. The molecule has 2 aromatic rings. The van der Waals surface area contributed by atoms with Gasteiger partial charge in [-0.15, -0.1) is 0 Å². The summed E-state index contributed by atoms with van der Waals surface area (Å²) in [5, 5.41) is 4.27. The molecule has 2 heterocycles. The van der Waals surface area contributed by atoms with Crippen LogP contribution >= 0.6 is 0 Å². The van der Waals surface area contributed by atoms with E-state index in [1.807, 2.05) is 45.2 Å². The Balaban J connectivity index is 2.00. The Bertz CT molecular complexity index is 746. The molecule has 0 unspecified atom stereocenters. The van der Waals surface area contributed by atoms with Gasteiger partial charge in [0, 0.05) is 7.05 Å². The van der Waals surface area contributed by atoms with Gasteiger partial charge in [-0.25, -0.2) is 0 Å². The first-order chi connectivity index (χ1) is 10.0. The summed E-state index contributed by atoms with van der Waals surface area (Å²) in [6, 6.07) is 7.58. The first-order valence-electron chi connectivity index (χ1n) is 7.00. The molecule has 21 heavy (non-hydrogen) atoms. The molecule has 0 aliphatic carbocycles. The maximum Gasteiger partial charge on any atom is 0.299 e. The Morgan fingerprint density at radius 2 is 1.95 bits per heavy atom. The number of hydrogen-bond acceptors (Lipinski definition) is 3. The lowest BCUT2D eigenvalue weighted by atomic mass is 10.1. The molecule has 0 atom stereocenters. The molecular formula is C16H17N3O2. The Morgan fingerprint density at radius 3 is 2.57 bits per heavy atom. The van der Waals surface area contributed by atoms with Crippen LogP contribution in [-0.2, 0) is 24.8 Å². The van der Waals surface area contributed by atoms with Crippen LogP contribution in [0.5, 0.6) is 0 Å². The first kappa shape index (κ1) is 13.5. The number of anilines is 1. The normalized spacial score (nSPS) is 14.0. The molecule has 0 N–H and O–H groups in total. The molecule has 1 aromatic heterocycles. The highest BCUT2D eigenvalue weighted by atomic mass is 16.2. The van der Waals surface area contributed by atoms with Gasteiger partial charge in [0.25, 0.3) is 11.7 Å². The van der Waals surface area contributed by atoms with E-state index in [1.54, 1.807) is 4.68 Å². The average Bonchev–Trinajstić information content (AvgIpc) is 2.91. The fourth-order valence-electron chi connectivity index (χ4n) is 2.70. The summed E-state index contributed by atoms with van der Waals surface area (Å²) in [4.78, 5) is 25.9. The van der Waals surface area contributed by atoms with Gasteiger partial charge in [0.2, 0.25) is 0 Å². The molecule has 3 rings (SSSR count). The van der Waals surface area contributed by atoms with Crippen LogP contribution in [0.15, 0.2) is 24.3 Å². The van der Waals surface area contributed by atoms with Gasteiger partial charge < -0.3 is 0 Å². The maximum atomic E-state index is 12.2. The number of aryl methyl sites for hydroxylation is 3. The highest BCUT2D eigenvalue weighted by Crippen LogP contribution is 2.31. The molecule has 1 amide bonds. The van der Waals surface area contributed by atoms with Crippen molar-refractivity contribution < 1.29 is 9.59 Å². The molecule has 0 spiro atoms. The van der Waals surface area contributed by atoms with E-state index >= 15 is 0 Å². The summed E-state index contributed by atoms with van der Waals surface area (Å²) in [7, 11) is 1.84. The van der Waals surface area contributed by atoms with Gasteiger partial charge in [0.05, 0.1) is 29.2 Å². The van der Waals surface area contributed by atoms with Crippen LogP contribution in [0.4, 0.5) is 5.69 Å². The van der Waals surface area contributed by atoms with Crippen molar-refractivity contribution in [3.05, 3.63) is 46.8 Å². The molecule has 108 valence electrons. The standard InChI is InChI=1S/C16H17N3O2/c1-4-11-5-6-14-13(8-11)15(20)16(21)19(14)9-12-7-10(2)17-18(12)3/h5-8H,4,9H2,1-3H3. The Kier molecular flexibility index (Phi) is 3.12. The predicted molar refractivity (Wildman–Crippen MR) is 79.3 cm³/mol. The number of Topliss-reactive ketones (excluding diaryl/α,β-unsaturated/α-hetero) is 1. The van der Waals surface area contributed by atoms with Gasteiger partial charge >= 0.3 is 0 Å². The second-order valence-corrected chi connectivity index (χ2v) is 5.33. The molecule has 5 heteroatoms. The zero-order valence-electron chi connectivity index (χ0n) is 12.4. The van der Waals surface area contributed by atoms with E-state index in [1.165, 1.54) is 4.90 Å². The number of nitrogens with zero attached hydrogens (tertiary/aromatic N) is 3. The van der Waals surface area contributed by atoms with Gasteiger partial charge in [-0.1, -0.05) is 13.0 Å². The van der Waals surface area contributed by atoms with Gasteiger partial charge in [-0.2, -0.15) is 5.10 Å². The number of hydrogen-bond donors (Lipinski definition) is 0. The molecule has 0 radical (unpaired) electrons. The molecular weight excluding hydrogens is 266 g/mol. The first-order valence-corrected chi connectivity index (χ1v) is 7.00. The Labute approximate surface area is 123 Å². The van der Waals surface area contributed by atoms with Crippen molar-refractivity contribution in [3.63, 3.8) is 0 Å². The molecule has 1 aromatic carbocycles. The van der Waals surface area contributed by atoms with Crippen LogP contribution in [0.25, 0.3) is 0 Å². The number of rotatable bonds is 3. The van der Waals surface area contributed by atoms with Crippen LogP contribution in [0.2, 0.25) is 0 Å². The molecule has 0 fully saturated rings. The van der Waals surface area contributed by atoms with E-state index in [9.17, 15) is 9.59 Å². The lowest BCUT2D eigenvalue weighted by Gasteiger charge is -2.16. The second kappa shape index (κ2) is 4.84. The van der Waals surface area contributed by atoms with Crippen molar-refractivity contribution >= 4 is 17.4 Å². The lowest BCUT2D eigenvalue weighted by molar-refractivity contribution is -0.114. The third-order valence-electron chi connectivity index (χ3n) is 3.86. The van der Waals surface area contributed by atoms with E-state index in [2.05, 4.69) is 5.10 Å². The fourth-order valence-corrected chi connectivity index (χ4v) is 2.70. The summed E-state index contributed by atoms with van der Waals surface area (Å²) in [6.07, 6.45) is 0.843. The predicted octanol–water partition coefficient (Wildman–Crippen LogP) is 2.02. The van der Waals surface area contributed by atoms with E-state index in [4.69, 9.17) is 0 Å². The quantitative estimate of drug-likeness (QED) is 0.810. The minimum absolute atomic E-state index is 0.361. The van der Waals surface area contributed by atoms with Crippen molar-refractivity contribution in [2.24, 2.45) is 7.05 Å². The highest BCUT2D eigenvalue weighted by molar-refractivity contribution is 6.52. The summed E-state index contributed by atoms with van der Waals surface area (Å²) in [5.41, 5.74) is 4.07. The van der Waals surface area contributed by atoms with Crippen molar-refractivity contribution in [3.8, 4) is 0 Å². The SMILES string of the molecule is CCc1ccc2c(c1)C(=O)C(=O)N2Cc1cc(C)nn1C. The van der Waals surface area contributed by atoms with Crippen molar-refractivity contribution in [1.82, 2.24) is 9.78 Å². The summed E-state index contributed by atoms with van der Waals surface area (Å²) in [5.74, 6) is -0.878. The maximum absolute atomic E-state index is 12.2. The number of amides is 1. The molecule has 1 aliphatic rings. The van der Waals surface area contributed by atoms with Gasteiger partial charge in [-0.3, -0.25) is 19.2 Å². The van der Waals surface area contributed by atoms with Crippen molar-refractivity contribution in [1.29, 1.82) is 0 Å². The van der Waals surface area contributed by atoms with Crippen molar-refractivity contribution in [2.45, 2.75) is 26.8 Å².